The second-order valence-corrected chi connectivity index (χ2v) is 8.15. The third-order valence-corrected chi connectivity index (χ3v) is 5.92. The van der Waals surface area contributed by atoms with Crippen LogP contribution in [0.15, 0.2) is 4.99 Å². The number of rotatable bonds is 4. The normalized spacial score (nSPS) is 25.8. The van der Waals surface area contributed by atoms with Gasteiger partial charge in [0, 0.05) is 32.8 Å². The van der Waals surface area contributed by atoms with Gasteiger partial charge in [0.2, 0.25) is 5.91 Å². The molecule has 150 valence electrons. The molecule has 3 fully saturated rings. The van der Waals surface area contributed by atoms with Crippen LogP contribution in [0.4, 0.5) is 0 Å². The minimum Gasteiger partial charge on any atom is -0.375 e. The highest BCUT2D eigenvalue weighted by Crippen LogP contribution is 2.39. The molecule has 1 amide bonds. The fourth-order valence-corrected chi connectivity index (χ4v) is 4.40. The van der Waals surface area contributed by atoms with Gasteiger partial charge in [0.1, 0.15) is 6.54 Å². The van der Waals surface area contributed by atoms with E-state index in [1.807, 2.05) is 0 Å². The molecular weight excluding hydrogens is 443 g/mol. The first-order chi connectivity index (χ1) is 12.1. The zero-order chi connectivity index (χ0) is 17.7. The molecule has 0 radical (unpaired) electrons. The largest absolute Gasteiger partial charge is 0.375 e. The average Bonchev–Trinajstić information content (AvgIpc) is 3.25. The maximum Gasteiger partial charge on any atom is 0.243 e. The summed E-state index contributed by atoms with van der Waals surface area (Å²) in [6, 6.07) is 0.870. The number of guanidine groups is 1. The lowest BCUT2D eigenvalue weighted by Gasteiger charge is -2.39. The van der Waals surface area contributed by atoms with Crippen molar-refractivity contribution < 1.29 is 9.53 Å². The van der Waals surface area contributed by atoms with Gasteiger partial charge in [-0.15, -0.1) is 24.0 Å². The molecule has 0 aromatic heterocycles. The van der Waals surface area contributed by atoms with Crippen molar-refractivity contribution in [2.75, 3.05) is 27.2 Å². The number of halogens is 1. The van der Waals surface area contributed by atoms with Gasteiger partial charge in [-0.1, -0.05) is 25.7 Å². The Morgan fingerprint density at radius 3 is 2.38 bits per heavy atom. The highest BCUT2D eigenvalue weighted by Gasteiger charge is 2.40. The number of amides is 1. The Morgan fingerprint density at radius 1 is 1.08 bits per heavy atom. The lowest BCUT2D eigenvalue weighted by Crippen LogP contribution is -2.52. The van der Waals surface area contributed by atoms with E-state index < -0.39 is 0 Å². The summed E-state index contributed by atoms with van der Waals surface area (Å²) in [5.74, 6) is 0.842. The fourth-order valence-electron chi connectivity index (χ4n) is 4.40. The van der Waals surface area contributed by atoms with Gasteiger partial charge in [-0.05, 0) is 38.5 Å². The third kappa shape index (κ3) is 5.97. The van der Waals surface area contributed by atoms with Crippen molar-refractivity contribution in [2.24, 2.45) is 4.99 Å². The Labute approximate surface area is 174 Å². The fraction of sp³-hybridized carbons (Fsp3) is 0.895. The molecule has 2 saturated carbocycles. The zero-order valence-corrected chi connectivity index (χ0v) is 18.6. The van der Waals surface area contributed by atoms with Crippen molar-refractivity contribution in [2.45, 2.75) is 81.9 Å². The molecule has 3 rings (SSSR count). The summed E-state index contributed by atoms with van der Waals surface area (Å²) in [5, 5.41) is 7.18. The van der Waals surface area contributed by atoms with Crippen molar-refractivity contribution in [1.82, 2.24) is 15.5 Å². The van der Waals surface area contributed by atoms with Gasteiger partial charge in [0.15, 0.2) is 5.96 Å². The number of ether oxygens (including phenoxy) is 1. The molecular formula is C19H35IN4O2. The first kappa shape index (κ1) is 21.7. The lowest BCUT2D eigenvalue weighted by atomic mass is 9.89. The van der Waals surface area contributed by atoms with E-state index in [1.54, 1.807) is 19.0 Å². The topological polar surface area (TPSA) is 66.0 Å². The van der Waals surface area contributed by atoms with E-state index in [9.17, 15) is 4.79 Å². The third-order valence-electron chi connectivity index (χ3n) is 5.92. The predicted octanol–water partition coefficient (Wildman–Crippen LogP) is 2.66. The molecule has 1 heterocycles. The van der Waals surface area contributed by atoms with Crippen LogP contribution in [0.1, 0.15) is 64.2 Å². The van der Waals surface area contributed by atoms with Crippen LogP contribution in [0.3, 0.4) is 0 Å². The molecule has 3 aliphatic rings. The molecule has 1 unspecified atom stereocenters. The summed E-state index contributed by atoms with van der Waals surface area (Å²) >= 11 is 0. The van der Waals surface area contributed by atoms with Crippen LogP contribution in [0.25, 0.3) is 0 Å². The Morgan fingerprint density at radius 2 is 1.73 bits per heavy atom. The maximum absolute atomic E-state index is 11.9. The van der Waals surface area contributed by atoms with Gasteiger partial charge in [-0.2, -0.15) is 0 Å². The lowest BCUT2D eigenvalue weighted by molar-refractivity contribution is -0.127. The number of carbonyl (C=O) groups excluding carboxylic acids is 1. The van der Waals surface area contributed by atoms with Gasteiger partial charge in [0.25, 0.3) is 0 Å². The minimum absolute atomic E-state index is 0. The Kier molecular flexibility index (Phi) is 8.44. The molecule has 2 aliphatic carbocycles. The predicted molar refractivity (Wildman–Crippen MR) is 115 cm³/mol. The van der Waals surface area contributed by atoms with Crippen molar-refractivity contribution >= 4 is 35.8 Å². The molecule has 0 bridgehead atoms. The van der Waals surface area contributed by atoms with Crippen molar-refractivity contribution in [3.63, 3.8) is 0 Å². The van der Waals surface area contributed by atoms with Crippen molar-refractivity contribution in [3.05, 3.63) is 0 Å². The molecule has 0 aromatic rings. The van der Waals surface area contributed by atoms with Crippen LogP contribution < -0.4 is 10.6 Å². The number of hydrogen-bond donors (Lipinski definition) is 2. The minimum atomic E-state index is 0. The number of nitrogens with zero attached hydrogens (tertiary/aromatic N) is 2. The van der Waals surface area contributed by atoms with E-state index in [4.69, 9.17) is 4.74 Å². The second kappa shape index (κ2) is 10.1. The number of aliphatic imine (C=N–C) groups is 1. The second-order valence-electron chi connectivity index (χ2n) is 8.15. The van der Waals surface area contributed by atoms with E-state index in [0.717, 1.165) is 25.4 Å². The molecule has 1 spiro atoms. The summed E-state index contributed by atoms with van der Waals surface area (Å²) in [5.41, 5.74) is 0.0911. The smallest absolute Gasteiger partial charge is 0.243 e. The van der Waals surface area contributed by atoms with Gasteiger partial charge in [0.05, 0.1) is 5.60 Å². The summed E-state index contributed by atoms with van der Waals surface area (Å²) < 4.78 is 6.14. The van der Waals surface area contributed by atoms with Crippen LogP contribution >= 0.6 is 24.0 Å². The number of carbonyl (C=O) groups is 1. The van der Waals surface area contributed by atoms with Crippen molar-refractivity contribution in [1.29, 1.82) is 0 Å². The summed E-state index contributed by atoms with van der Waals surface area (Å²) in [4.78, 5) is 18.1. The molecule has 0 aromatic carbocycles. The van der Waals surface area contributed by atoms with Gasteiger partial charge in [-0.3, -0.25) is 4.79 Å². The molecule has 1 aliphatic heterocycles. The van der Waals surface area contributed by atoms with Crippen LogP contribution in [0.2, 0.25) is 0 Å². The first-order valence-electron chi connectivity index (χ1n) is 9.98. The number of nitrogens with one attached hydrogen (secondary N) is 2. The average molecular weight is 478 g/mol. The maximum atomic E-state index is 11.9. The SMILES string of the molecule is CN(C)C(=O)CN=C(NC1CCCC1)NC1CCOC2(CCCC2)C1.I. The molecule has 1 atom stereocenters. The van der Waals surface area contributed by atoms with E-state index in [1.165, 1.54) is 51.4 Å². The van der Waals surface area contributed by atoms with Gasteiger partial charge >= 0.3 is 0 Å². The molecule has 6 nitrogen and oxygen atoms in total. The quantitative estimate of drug-likeness (QED) is 0.371. The van der Waals surface area contributed by atoms with E-state index in [-0.39, 0.29) is 42.0 Å². The molecule has 2 N–H and O–H groups in total. The summed E-state index contributed by atoms with van der Waals surface area (Å²) in [6.07, 6.45) is 12.0. The van der Waals surface area contributed by atoms with Crippen LogP contribution in [-0.2, 0) is 9.53 Å². The summed E-state index contributed by atoms with van der Waals surface area (Å²) in [6.45, 7) is 1.02. The van der Waals surface area contributed by atoms with Gasteiger partial charge < -0.3 is 20.3 Å². The summed E-state index contributed by atoms with van der Waals surface area (Å²) in [7, 11) is 3.55. The standard InChI is InChI=1S/C19H34N4O2.HI/c1-23(2)17(24)14-20-18(21-15-7-3-4-8-15)22-16-9-12-25-19(13-16)10-5-6-11-19;/h15-16H,3-14H2,1-2H3,(H2,20,21,22);1H. The van der Waals surface area contributed by atoms with Crippen LogP contribution in [0, 0.1) is 0 Å². The highest BCUT2D eigenvalue weighted by molar-refractivity contribution is 14.0. The zero-order valence-electron chi connectivity index (χ0n) is 16.3. The van der Waals surface area contributed by atoms with E-state index in [0.29, 0.717) is 12.1 Å². The van der Waals surface area contributed by atoms with E-state index in [2.05, 4.69) is 15.6 Å². The number of hydrogen-bond acceptors (Lipinski definition) is 3. The molecule has 1 saturated heterocycles. The van der Waals surface area contributed by atoms with E-state index >= 15 is 0 Å². The van der Waals surface area contributed by atoms with Crippen LogP contribution in [-0.4, -0.2) is 61.7 Å². The Balaban J connectivity index is 0.00000243. The number of likely N-dealkylation sites (N-methyl/N-ethyl adjacent to an activating group) is 1. The first-order valence-corrected chi connectivity index (χ1v) is 9.98. The van der Waals surface area contributed by atoms with Crippen LogP contribution in [0.5, 0.6) is 0 Å². The highest BCUT2D eigenvalue weighted by atomic mass is 127. The molecule has 26 heavy (non-hydrogen) atoms. The van der Waals surface area contributed by atoms with Crippen molar-refractivity contribution in [3.8, 4) is 0 Å². The Bertz CT molecular complexity index is 486. The monoisotopic (exact) mass is 478 g/mol. The Hall–Kier alpha value is -0.570. The molecule has 7 heteroatoms. The van der Waals surface area contributed by atoms with Gasteiger partial charge in [-0.25, -0.2) is 4.99 Å².